The van der Waals surface area contributed by atoms with Crippen LogP contribution in [0.1, 0.15) is 6.92 Å². The lowest BCUT2D eigenvalue weighted by Gasteiger charge is -2.21. The molecule has 1 amide bonds. The zero-order chi connectivity index (χ0) is 17.5. The van der Waals surface area contributed by atoms with E-state index < -0.39 is 0 Å². The Labute approximate surface area is 148 Å². The Morgan fingerprint density at radius 3 is 2.12 bits per heavy atom. The van der Waals surface area contributed by atoms with Crippen molar-refractivity contribution in [2.75, 3.05) is 18.1 Å². The zero-order valence-corrected chi connectivity index (χ0v) is 14.3. The van der Waals surface area contributed by atoms with E-state index in [1.165, 1.54) is 0 Å². The molecule has 0 atom stereocenters. The van der Waals surface area contributed by atoms with Crippen molar-refractivity contribution in [1.82, 2.24) is 0 Å². The van der Waals surface area contributed by atoms with E-state index >= 15 is 0 Å². The summed E-state index contributed by atoms with van der Waals surface area (Å²) in [4.78, 5) is 14.3. The number of rotatable bonds is 6. The lowest BCUT2D eigenvalue weighted by Crippen LogP contribution is -2.34. The maximum absolute atomic E-state index is 12.6. The average Bonchev–Trinajstić information content (AvgIpc) is 2.69. The van der Waals surface area contributed by atoms with Crippen LogP contribution < -0.4 is 9.64 Å². The van der Waals surface area contributed by atoms with Crippen LogP contribution in [0.2, 0.25) is 0 Å². The van der Waals surface area contributed by atoms with Crippen molar-refractivity contribution < 1.29 is 9.53 Å². The van der Waals surface area contributed by atoms with Crippen LogP contribution in [0.25, 0.3) is 11.1 Å². The second-order valence-corrected chi connectivity index (χ2v) is 5.62. The first kappa shape index (κ1) is 16.8. The van der Waals surface area contributed by atoms with Gasteiger partial charge in [0.05, 0.1) is 0 Å². The average molecular weight is 331 g/mol. The summed E-state index contributed by atoms with van der Waals surface area (Å²) in [6.07, 6.45) is 0. The van der Waals surface area contributed by atoms with Gasteiger partial charge >= 0.3 is 0 Å². The predicted molar refractivity (Wildman–Crippen MR) is 102 cm³/mol. The molecule has 0 saturated heterocycles. The van der Waals surface area contributed by atoms with Gasteiger partial charge in [-0.3, -0.25) is 4.79 Å². The highest BCUT2D eigenvalue weighted by Gasteiger charge is 2.15. The number of carbonyl (C=O) groups excluding carboxylic acids is 1. The number of ether oxygens (including phenoxy) is 1. The molecule has 3 heteroatoms. The van der Waals surface area contributed by atoms with Gasteiger partial charge in [0.1, 0.15) is 5.75 Å². The highest BCUT2D eigenvalue weighted by molar-refractivity contribution is 5.94. The summed E-state index contributed by atoms with van der Waals surface area (Å²) >= 11 is 0. The number of amides is 1. The Morgan fingerprint density at radius 1 is 0.840 bits per heavy atom. The number of carbonyl (C=O) groups is 1. The zero-order valence-electron chi connectivity index (χ0n) is 14.3. The molecule has 0 N–H and O–H groups in total. The van der Waals surface area contributed by atoms with Gasteiger partial charge in [-0.25, -0.2) is 0 Å². The van der Waals surface area contributed by atoms with Crippen LogP contribution >= 0.6 is 0 Å². The monoisotopic (exact) mass is 331 g/mol. The molecule has 0 aliphatic rings. The number of para-hydroxylation sites is 2. The maximum Gasteiger partial charge on any atom is 0.264 e. The summed E-state index contributed by atoms with van der Waals surface area (Å²) in [6, 6.07) is 27.5. The highest BCUT2D eigenvalue weighted by atomic mass is 16.5. The van der Waals surface area contributed by atoms with Gasteiger partial charge in [-0.2, -0.15) is 0 Å². The van der Waals surface area contributed by atoms with E-state index in [1.807, 2.05) is 91.9 Å². The van der Waals surface area contributed by atoms with E-state index in [4.69, 9.17) is 4.74 Å². The summed E-state index contributed by atoms with van der Waals surface area (Å²) in [6.45, 7) is 2.57. The van der Waals surface area contributed by atoms with Crippen LogP contribution in [0.3, 0.4) is 0 Å². The molecule has 0 aromatic heterocycles. The minimum Gasteiger partial charge on any atom is -0.483 e. The molecule has 3 rings (SSSR count). The molecule has 0 aliphatic carbocycles. The van der Waals surface area contributed by atoms with Gasteiger partial charge in [0.2, 0.25) is 0 Å². The molecule has 0 unspecified atom stereocenters. The summed E-state index contributed by atoms with van der Waals surface area (Å²) < 4.78 is 5.87. The molecule has 0 saturated carbocycles. The molecule has 3 nitrogen and oxygen atoms in total. The quantitative estimate of drug-likeness (QED) is 0.650. The first-order valence-electron chi connectivity index (χ1n) is 8.42. The molecule has 0 fully saturated rings. The third-order valence-electron chi connectivity index (χ3n) is 4.01. The predicted octanol–water partition coefficient (Wildman–Crippen LogP) is 4.79. The van der Waals surface area contributed by atoms with E-state index in [-0.39, 0.29) is 12.5 Å². The minimum atomic E-state index is -0.0587. The first-order chi connectivity index (χ1) is 12.3. The summed E-state index contributed by atoms with van der Waals surface area (Å²) in [7, 11) is 0. The van der Waals surface area contributed by atoms with Gasteiger partial charge in [0.15, 0.2) is 6.61 Å². The fourth-order valence-electron chi connectivity index (χ4n) is 2.78. The van der Waals surface area contributed by atoms with Crippen molar-refractivity contribution in [3.05, 3.63) is 84.9 Å². The molecule has 3 aromatic carbocycles. The van der Waals surface area contributed by atoms with Crippen molar-refractivity contribution >= 4 is 11.6 Å². The van der Waals surface area contributed by atoms with Crippen LogP contribution in [0.5, 0.6) is 5.75 Å². The van der Waals surface area contributed by atoms with E-state index in [0.717, 1.165) is 16.8 Å². The molecule has 0 aliphatic heterocycles. The number of anilines is 1. The van der Waals surface area contributed by atoms with Crippen LogP contribution in [-0.4, -0.2) is 19.1 Å². The standard InChI is InChI=1S/C22H21NO2/c1-2-23(19-13-7-4-8-14-19)22(24)17-25-21-16-10-9-15-20(21)18-11-5-3-6-12-18/h3-16H,2,17H2,1H3. The number of benzene rings is 3. The Hall–Kier alpha value is -3.07. The number of nitrogens with zero attached hydrogens (tertiary/aromatic N) is 1. The number of likely N-dealkylation sites (N-methyl/N-ethyl adjacent to an activating group) is 1. The van der Waals surface area contributed by atoms with E-state index in [2.05, 4.69) is 0 Å². The first-order valence-corrected chi connectivity index (χ1v) is 8.42. The van der Waals surface area contributed by atoms with Crippen molar-refractivity contribution in [2.24, 2.45) is 0 Å². The molecule has 0 spiro atoms. The normalized spacial score (nSPS) is 10.3. The van der Waals surface area contributed by atoms with E-state index in [0.29, 0.717) is 12.3 Å². The lowest BCUT2D eigenvalue weighted by atomic mass is 10.1. The molecular weight excluding hydrogens is 310 g/mol. The number of hydrogen-bond donors (Lipinski definition) is 0. The fourth-order valence-corrected chi connectivity index (χ4v) is 2.78. The maximum atomic E-state index is 12.6. The topological polar surface area (TPSA) is 29.5 Å². The summed E-state index contributed by atoms with van der Waals surface area (Å²) in [5.41, 5.74) is 2.94. The van der Waals surface area contributed by atoms with Gasteiger partial charge in [-0.1, -0.05) is 66.7 Å². The summed E-state index contributed by atoms with van der Waals surface area (Å²) in [5.74, 6) is 0.655. The highest BCUT2D eigenvalue weighted by Crippen LogP contribution is 2.29. The second kappa shape index (κ2) is 8.15. The third kappa shape index (κ3) is 4.07. The van der Waals surface area contributed by atoms with Crippen LogP contribution in [0.4, 0.5) is 5.69 Å². The molecule has 0 radical (unpaired) electrons. The molecule has 0 bridgehead atoms. The molecule has 126 valence electrons. The smallest absolute Gasteiger partial charge is 0.264 e. The molecule has 0 heterocycles. The third-order valence-corrected chi connectivity index (χ3v) is 4.01. The minimum absolute atomic E-state index is 0.00653. The molecule has 25 heavy (non-hydrogen) atoms. The second-order valence-electron chi connectivity index (χ2n) is 5.62. The molecule has 3 aromatic rings. The van der Waals surface area contributed by atoms with Gasteiger partial charge in [0, 0.05) is 17.8 Å². The van der Waals surface area contributed by atoms with Crippen LogP contribution in [0, 0.1) is 0 Å². The van der Waals surface area contributed by atoms with Gasteiger partial charge < -0.3 is 9.64 Å². The largest absolute Gasteiger partial charge is 0.483 e. The van der Waals surface area contributed by atoms with Crippen molar-refractivity contribution in [1.29, 1.82) is 0 Å². The van der Waals surface area contributed by atoms with Crippen molar-refractivity contribution in [3.8, 4) is 16.9 Å². The van der Waals surface area contributed by atoms with E-state index in [1.54, 1.807) is 4.90 Å². The van der Waals surface area contributed by atoms with Crippen molar-refractivity contribution in [3.63, 3.8) is 0 Å². The van der Waals surface area contributed by atoms with E-state index in [9.17, 15) is 4.79 Å². The Kier molecular flexibility index (Phi) is 5.47. The van der Waals surface area contributed by atoms with Gasteiger partial charge in [-0.05, 0) is 30.7 Å². The van der Waals surface area contributed by atoms with Crippen LogP contribution in [-0.2, 0) is 4.79 Å². The SMILES string of the molecule is CCN(C(=O)COc1ccccc1-c1ccccc1)c1ccccc1. The number of hydrogen-bond acceptors (Lipinski definition) is 2. The van der Waals surface area contributed by atoms with Gasteiger partial charge in [0.25, 0.3) is 5.91 Å². The van der Waals surface area contributed by atoms with Gasteiger partial charge in [-0.15, -0.1) is 0 Å². The summed E-state index contributed by atoms with van der Waals surface area (Å²) in [5, 5.41) is 0. The molecular formula is C22H21NO2. The fraction of sp³-hybridized carbons (Fsp3) is 0.136. The Bertz CT molecular complexity index is 816. The lowest BCUT2D eigenvalue weighted by molar-refractivity contribution is -0.120. The van der Waals surface area contributed by atoms with Crippen molar-refractivity contribution in [2.45, 2.75) is 6.92 Å². The van der Waals surface area contributed by atoms with Crippen LogP contribution in [0.15, 0.2) is 84.9 Å². The Morgan fingerprint density at radius 2 is 1.44 bits per heavy atom. The Balaban J connectivity index is 1.75.